The van der Waals surface area contributed by atoms with Gasteiger partial charge in [-0.25, -0.2) is 0 Å². The summed E-state index contributed by atoms with van der Waals surface area (Å²) in [4.78, 5) is 11.6. The van der Waals surface area contributed by atoms with Crippen LogP contribution in [0.25, 0.3) is 0 Å². The van der Waals surface area contributed by atoms with E-state index >= 15 is 0 Å². The number of ether oxygens (including phenoxy) is 1. The van der Waals surface area contributed by atoms with Gasteiger partial charge >= 0.3 is 0 Å². The molecule has 2 aliphatic rings. The average Bonchev–Trinajstić information content (AvgIpc) is 2.03. The second-order valence-electron chi connectivity index (χ2n) is 3.61. The maximum atomic E-state index is 11.6. The lowest BCUT2D eigenvalue weighted by molar-refractivity contribution is -0.130. The molecule has 12 heavy (non-hydrogen) atoms. The van der Waals surface area contributed by atoms with E-state index in [1.54, 1.807) is 0 Å². The molecule has 1 heterocycles. The molecule has 2 fully saturated rings. The molecule has 1 saturated heterocycles. The van der Waals surface area contributed by atoms with E-state index in [1.165, 1.54) is 6.42 Å². The largest absolute Gasteiger partial charge is 0.378 e. The Morgan fingerprint density at radius 1 is 1.42 bits per heavy atom. The lowest BCUT2D eigenvalue weighted by atomic mass is 9.80. The maximum absolute atomic E-state index is 11.6. The summed E-state index contributed by atoms with van der Waals surface area (Å²) in [5.41, 5.74) is 0. The normalized spacial score (nSPS) is 31.2. The number of morpholine rings is 1. The van der Waals surface area contributed by atoms with Crippen LogP contribution in [0.15, 0.2) is 0 Å². The van der Waals surface area contributed by atoms with Gasteiger partial charge in [0.2, 0.25) is 0 Å². The van der Waals surface area contributed by atoms with Gasteiger partial charge in [-0.1, -0.05) is 6.42 Å². The number of Topliss-reactive ketones (excluding diaryl/α,β-unsaturated/α-hetero) is 1. The van der Waals surface area contributed by atoms with E-state index in [-0.39, 0.29) is 6.04 Å². The minimum absolute atomic E-state index is 0.0101. The number of rotatable bonds is 2. The van der Waals surface area contributed by atoms with E-state index in [2.05, 4.69) is 5.32 Å². The number of hydrogen-bond acceptors (Lipinski definition) is 3. The third kappa shape index (κ3) is 1.52. The summed E-state index contributed by atoms with van der Waals surface area (Å²) in [6.07, 6.45) is 3.41. The lowest BCUT2D eigenvalue weighted by Gasteiger charge is -2.30. The Bertz CT molecular complexity index is 171. The fourth-order valence-corrected chi connectivity index (χ4v) is 1.73. The smallest absolute Gasteiger partial charge is 0.155 e. The molecule has 0 aromatic carbocycles. The van der Waals surface area contributed by atoms with Crippen LogP contribution < -0.4 is 5.32 Å². The van der Waals surface area contributed by atoms with Gasteiger partial charge in [-0.2, -0.15) is 0 Å². The molecule has 1 N–H and O–H groups in total. The van der Waals surface area contributed by atoms with E-state index in [4.69, 9.17) is 4.74 Å². The monoisotopic (exact) mass is 169 g/mol. The topological polar surface area (TPSA) is 38.3 Å². The first-order valence-electron chi connectivity index (χ1n) is 4.73. The Morgan fingerprint density at radius 3 is 2.75 bits per heavy atom. The van der Waals surface area contributed by atoms with E-state index < -0.39 is 0 Å². The number of carbonyl (C=O) groups is 1. The molecule has 1 saturated carbocycles. The fourth-order valence-electron chi connectivity index (χ4n) is 1.73. The van der Waals surface area contributed by atoms with Crippen LogP contribution in [0, 0.1) is 5.92 Å². The van der Waals surface area contributed by atoms with E-state index in [9.17, 15) is 4.79 Å². The summed E-state index contributed by atoms with van der Waals surface area (Å²) in [6.45, 7) is 2.15. The van der Waals surface area contributed by atoms with Crippen molar-refractivity contribution in [1.29, 1.82) is 0 Å². The quantitative estimate of drug-likeness (QED) is 0.648. The SMILES string of the molecule is O=C(C1CCC1)C1COCCN1. The maximum Gasteiger partial charge on any atom is 0.155 e. The molecule has 0 aromatic heterocycles. The highest BCUT2D eigenvalue weighted by Crippen LogP contribution is 2.28. The molecule has 2 rings (SSSR count). The zero-order chi connectivity index (χ0) is 8.39. The second-order valence-corrected chi connectivity index (χ2v) is 3.61. The molecule has 0 bridgehead atoms. The highest BCUT2D eigenvalue weighted by Gasteiger charge is 2.31. The Labute approximate surface area is 72.5 Å². The summed E-state index contributed by atoms with van der Waals surface area (Å²) >= 11 is 0. The number of ketones is 1. The molecule has 68 valence electrons. The van der Waals surface area contributed by atoms with Gasteiger partial charge in [0.15, 0.2) is 5.78 Å². The summed E-state index contributed by atoms with van der Waals surface area (Å²) in [5, 5.41) is 3.19. The summed E-state index contributed by atoms with van der Waals surface area (Å²) < 4.78 is 5.24. The third-order valence-corrected chi connectivity index (χ3v) is 2.77. The van der Waals surface area contributed by atoms with Crippen LogP contribution in [0.2, 0.25) is 0 Å². The third-order valence-electron chi connectivity index (χ3n) is 2.77. The minimum atomic E-state index is -0.0101. The highest BCUT2D eigenvalue weighted by molar-refractivity contribution is 5.87. The minimum Gasteiger partial charge on any atom is -0.378 e. The van der Waals surface area contributed by atoms with Gasteiger partial charge in [-0.05, 0) is 12.8 Å². The first-order valence-corrected chi connectivity index (χ1v) is 4.73. The average molecular weight is 169 g/mol. The van der Waals surface area contributed by atoms with Crippen molar-refractivity contribution in [1.82, 2.24) is 5.32 Å². The van der Waals surface area contributed by atoms with Crippen LogP contribution in [0.3, 0.4) is 0 Å². The molecule has 3 nitrogen and oxygen atoms in total. The Morgan fingerprint density at radius 2 is 2.25 bits per heavy atom. The van der Waals surface area contributed by atoms with E-state index in [1.807, 2.05) is 0 Å². The van der Waals surface area contributed by atoms with Crippen LogP contribution in [0.1, 0.15) is 19.3 Å². The number of hydrogen-bond donors (Lipinski definition) is 1. The molecule has 0 spiro atoms. The van der Waals surface area contributed by atoms with Gasteiger partial charge in [-0.15, -0.1) is 0 Å². The van der Waals surface area contributed by atoms with Crippen molar-refractivity contribution < 1.29 is 9.53 Å². The first kappa shape index (κ1) is 8.20. The molecular weight excluding hydrogens is 154 g/mol. The molecule has 0 radical (unpaired) electrons. The Balaban J connectivity index is 1.84. The molecule has 1 atom stereocenters. The molecular formula is C9H15NO2. The predicted molar refractivity (Wildman–Crippen MR) is 45.0 cm³/mol. The van der Waals surface area contributed by atoms with Crippen molar-refractivity contribution in [2.24, 2.45) is 5.92 Å². The van der Waals surface area contributed by atoms with Crippen molar-refractivity contribution in [2.45, 2.75) is 25.3 Å². The number of nitrogens with one attached hydrogen (secondary N) is 1. The van der Waals surface area contributed by atoms with Crippen LogP contribution in [-0.4, -0.2) is 31.6 Å². The Hall–Kier alpha value is -0.410. The summed E-state index contributed by atoms with van der Waals surface area (Å²) in [6, 6.07) is -0.0101. The van der Waals surface area contributed by atoms with Crippen LogP contribution in [0.4, 0.5) is 0 Å². The molecule has 1 unspecified atom stereocenters. The summed E-state index contributed by atoms with van der Waals surface area (Å²) in [5.74, 6) is 0.713. The van der Waals surface area contributed by atoms with Gasteiger partial charge in [0.1, 0.15) is 0 Å². The number of carbonyl (C=O) groups excluding carboxylic acids is 1. The van der Waals surface area contributed by atoms with Gasteiger partial charge in [0, 0.05) is 12.5 Å². The molecule has 0 amide bonds. The summed E-state index contributed by atoms with van der Waals surface area (Å²) in [7, 11) is 0. The van der Waals surface area contributed by atoms with Gasteiger partial charge in [0.25, 0.3) is 0 Å². The first-order chi connectivity index (χ1) is 5.88. The molecule has 0 aromatic rings. The second kappa shape index (κ2) is 3.54. The van der Waals surface area contributed by atoms with Crippen molar-refractivity contribution >= 4 is 5.78 Å². The van der Waals surface area contributed by atoms with Gasteiger partial charge < -0.3 is 10.1 Å². The van der Waals surface area contributed by atoms with Gasteiger partial charge in [0.05, 0.1) is 19.3 Å². The van der Waals surface area contributed by atoms with Gasteiger partial charge in [-0.3, -0.25) is 4.79 Å². The molecule has 3 heteroatoms. The van der Waals surface area contributed by atoms with Crippen LogP contribution in [0.5, 0.6) is 0 Å². The Kier molecular flexibility index (Phi) is 2.42. The van der Waals surface area contributed by atoms with Crippen LogP contribution in [-0.2, 0) is 9.53 Å². The van der Waals surface area contributed by atoms with Crippen molar-refractivity contribution in [3.63, 3.8) is 0 Å². The van der Waals surface area contributed by atoms with Crippen molar-refractivity contribution in [3.8, 4) is 0 Å². The van der Waals surface area contributed by atoms with Crippen molar-refractivity contribution in [2.75, 3.05) is 19.8 Å². The molecule has 1 aliphatic carbocycles. The molecule has 1 aliphatic heterocycles. The highest BCUT2D eigenvalue weighted by atomic mass is 16.5. The van der Waals surface area contributed by atoms with E-state index in [0.29, 0.717) is 18.3 Å². The zero-order valence-corrected chi connectivity index (χ0v) is 7.21. The standard InChI is InChI=1S/C9H15NO2/c11-9(7-2-1-3-7)8-6-12-5-4-10-8/h7-8,10H,1-6H2. The fraction of sp³-hybridized carbons (Fsp3) is 0.889. The van der Waals surface area contributed by atoms with E-state index in [0.717, 1.165) is 26.0 Å². The van der Waals surface area contributed by atoms with Crippen molar-refractivity contribution in [3.05, 3.63) is 0 Å². The van der Waals surface area contributed by atoms with Crippen LogP contribution >= 0.6 is 0 Å². The lowest BCUT2D eigenvalue weighted by Crippen LogP contribution is -2.49. The predicted octanol–water partition coefficient (Wildman–Crippen LogP) is 0.344. The zero-order valence-electron chi connectivity index (χ0n) is 7.21.